The maximum atomic E-state index is 13.2. The number of rotatable bonds is 3. The summed E-state index contributed by atoms with van der Waals surface area (Å²) in [5.41, 5.74) is 1.71. The fourth-order valence-electron chi connectivity index (χ4n) is 3.37. The summed E-state index contributed by atoms with van der Waals surface area (Å²) in [6.45, 7) is 4.78. The number of alkyl halides is 3. The third-order valence-electron chi connectivity index (χ3n) is 5.00. The van der Waals surface area contributed by atoms with Crippen LogP contribution in [-0.2, 0) is 12.7 Å². The molecule has 3 aromatic rings. The fraction of sp³-hybridized carbons (Fsp3) is 0.368. The van der Waals surface area contributed by atoms with Gasteiger partial charge in [0.15, 0.2) is 0 Å². The number of hydrogen-bond donors (Lipinski definition) is 1. The molecule has 3 heterocycles. The lowest BCUT2D eigenvalue weighted by atomic mass is 10.00. The maximum absolute atomic E-state index is 13.2. The number of pyridine rings is 1. The number of benzene rings is 1. The highest BCUT2D eigenvalue weighted by Gasteiger charge is 2.31. The Balaban J connectivity index is 1.61. The molecule has 0 amide bonds. The highest BCUT2D eigenvalue weighted by Crippen LogP contribution is 2.36. The zero-order valence-corrected chi connectivity index (χ0v) is 14.9. The molecule has 1 aliphatic rings. The molecule has 0 aliphatic carbocycles. The van der Waals surface area contributed by atoms with Gasteiger partial charge in [-0.05, 0) is 30.8 Å². The number of likely N-dealkylation sites (N-methyl/N-ethyl adjacent to an activating group) is 1. The average molecular weight is 375 g/mol. The van der Waals surface area contributed by atoms with Crippen LogP contribution in [0.4, 0.5) is 13.2 Å². The number of hydrogen-bond acceptors (Lipinski definition) is 4. The predicted molar refractivity (Wildman–Crippen MR) is 97.1 cm³/mol. The Morgan fingerprint density at radius 1 is 1.07 bits per heavy atom. The Morgan fingerprint density at radius 2 is 1.85 bits per heavy atom. The van der Waals surface area contributed by atoms with Crippen molar-refractivity contribution in [1.82, 2.24) is 25.0 Å². The highest BCUT2D eigenvalue weighted by molar-refractivity contribution is 5.94. The van der Waals surface area contributed by atoms with Crippen LogP contribution in [0.5, 0.6) is 0 Å². The summed E-state index contributed by atoms with van der Waals surface area (Å²) in [6.07, 6.45) is -1.22. The lowest BCUT2D eigenvalue weighted by molar-refractivity contribution is -0.137. The molecule has 1 saturated heterocycles. The lowest BCUT2D eigenvalue weighted by Gasteiger charge is -2.32. The third-order valence-corrected chi connectivity index (χ3v) is 5.00. The van der Waals surface area contributed by atoms with E-state index >= 15 is 0 Å². The number of H-pyrrole nitrogens is 1. The van der Waals surface area contributed by atoms with Crippen LogP contribution in [0, 0.1) is 0 Å². The molecule has 0 spiro atoms. The molecule has 0 saturated carbocycles. The van der Waals surface area contributed by atoms with E-state index in [9.17, 15) is 13.2 Å². The first-order chi connectivity index (χ1) is 12.9. The van der Waals surface area contributed by atoms with Gasteiger partial charge in [0.25, 0.3) is 0 Å². The van der Waals surface area contributed by atoms with Crippen molar-refractivity contribution in [2.24, 2.45) is 0 Å². The first-order valence-corrected chi connectivity index (χ1v) is 8.81. The van der Waals surface area contributed by atoms with Gasteiger partial charge in [0.1, 0.15) is 0 Å². The molecular weight excluding hydrogens is 355 g/mol. The second-order valence-corrected chi connectivity index (χ2v) is 6.97. The largest absolute Gasteiger partial charge is 0.416 e. The van der Waals surface area contributed by atoms with Gasteiger partial charge >= 0.3 is 6.18 Å². The van der Waals surface area contributed by atoms with Crippen LogP contribution in [0.1, 0.15) is 11.3 Å². The molecule has 8 heteroatoms. The monoisotopic (exact) mass is 375 g/mol. The van der Waals surface area contributed by atoms with Gasteiger partial charge in [-0.2, -0.15) is 18.3 Å². The van der Waals surface area contributed by atoms with Crippen molar-refractivity contribution < 1.29 is 13.2 Å². The molecule has 5 nitrogen and oxygen atoms in total. The van der Waals surface area contributed by atoms with Gasteiger partial charge in [-0.1, -0.05) is 6.07 Å². The second kappa shape index (κ2) is 6.94. The summed E-state index contributed by atoms with van der Waals surface area (Å²) in [5.74, 6) is 0. The zero-order valence-electron chi connectivity index (χ0n) is 14.9. The summed E-state index contributed by atoms with van der Waals surface area (Å²) in [6, 6.07) is 5.97. The maximum Gasteiger partial charge on any atom is 0.416 e. The van der Waals surface area contributed by atoms with Crippen LogP contribution in [0.2, 0.25) is 0 Å². The standard InChI is InChI=1S/C19H20F3N5/c1-26-4-6-27(7-5-26)12-15-3-2-13(10-23-15)16-8-14(19(20,21)22)9-18-17(16)11-24-25-18/h2-3,8-11H,4-7,12H2,1H3,(H,24,25). The third kappa shape index (κ3) is 3.81. The summed E-state index contributed by atoms with van der Waals surface area (Å²) in [4.78, 5) is 9.11. The normalized spacial score (nSPS) is 16.9. The number of fused-ring (bicyclic) bond motifs is 1. The SMILES string of the molecule is CN1CCN(Cc2ccc(-c3cc(C(F)(F)F)cc4[nH]ncc34)cn2)CC1. The molecule has 4 rings (SSSR count). The van der Waals surface area contributed by atoms with E-state index in [-0.39, 0.29) is 0 Å². The summed E-state index contributed by atoms with van der Waals surface area (Å²) in [7, 11) is 2.11. The van der Waals surface area contributed by atoms with Crippen molar-refractivity contribution >= 4 is 10.9 Å². The van der Waals surface area contributed by atoms with Crippen molar-refractivity contribution in [1.29, 1.82) is 0 Å². The molecule has 1 fully saturated rings. The van der Waals surface area contributed by atoms with E-state index < -0.39 is 11.7 Å². The number of nitrogens with one attached hydrogen (secondary N) is 1. The van der Waals surface area contributed by atoms with Crippen molar-refractivity contribution in [3.05, 3.63) is 47.9 Å². The van der Waals surface area contributed by atoms with Gasteiger partial charge in [0, 0.05) is 49.9 Å². The Kier molecular flexibility index (Phi) is 4.61. The van der Waals surface area contributed by atoms with Crippen molar-refractivity contribution in [3.8, 4) is 11.1 Å². The van der Waals surface area contributed by atoms with Gasteiger partial charge < -0.3 is 4.90 Å². The number of aromatic nitrogens is 3. The smallest absolute Gasteiger partial charge is 0.304 e. The van der Waals surface area contributed by atoms with E-state index in [1.54, 1.807) is 12.4 Å². The lowest BCUT2D eigenvalue weighted by Crippen LogP contribution is -2.43. The van der Waals surface area contributed by atoms with E-state index in [1.807, 2.05) is 12.1 Å². The number of piperazine rings is 1. The van der Waals surface area contributed by atoms with E-state index in [4.69, 9.17) is 0 Å². The van der Waals surface area contributed by atoms with Crippen LogP contribution in [0.3, 0.4) is 0 Å². The van der Waals surface area contributed by atoms with Crippen molar-refractivity contribution in [2.75, 3.05) is 33.2 Å². The Labute approximate surface area is 154 Å². The van der Waals surface area contributed by atoms with Crippen LogP contribution in [0.15, 0.2) is 36.7 Å². The zero-order chi connectivity index (χ0) is 19.0. The molecule has 0 bridgehead atoms. The number of nitrogens with zero attached hydrogens (tertiary/aromatic N) is 4. The van der Waals surface area contributed by atoms with Gasteiger partial charge in [-0.3, -0.25) is 15.0 Å². The first-order valence-electron chi connectivity index (χ1n) is 8.81. The average Bonchev–Trinajstić information content (AvgIpc) is 3.11. The Hall–Kier alpha value is -2.45. The minimum absolute atomic E-state index is 0.362. The quantitative estimate of drug-likeness (QED) is 0.762. The van der Waals surface area contributed by atoms with Gasteiger partial charge in [-0.15, -0.1) is 0 Å². The fourth-order valence-corrected chi connectivity index (χ4v) is 3.37. The van der Waals surface area contributed by atoms with E-state index in [1.165, 1.54) is 0 Å². The summed E-state index contributed by atoms with van der Waals surface area (Å²) in [5, 5.41) is 7.17. The Morgan fingerprint density at radius 3 is 2.52 bits per heavy atom. The topological polar surface area (TPSA) is 48.0 Å². The number of aromatic amines is 1. The second-order valence-electron chi connectivity index (χ2n) is 6.97. The van der Waals surface area contributed by atoms with Gasteiger partial charge in [0.05, 0.1) is 23.0 Å². The number of halogens is 3. The van der Waals surface area contributed by atoms with Crippen LogP contribution >= 0.6 is 0 Å². The van der Waals surface area contributed by atoms with Crippen LogP contribution in [0.25, 0.3) is 22.0 Å². The molecule has 27 heavy (non-hydrogen) atoms. The first kappa shape index (κ1) is 17.9. The molecule has 1 aliphatic heterocycles. The minimum Gasteiger partial charge on any atom is -0.304 e. The molecule has 142 valence electrons. The molecule has 0 atom stereocenters. The molecule has 2 aromatic heterocycles. The minimum atomic E-state index is -4.41. The summed E-state index contributed by atoms with van der Waals surface area (Å²) < 4.78 is 39.6. The summed E-state index contributed by atoms with van der Waals surface area (Å²) >= 11 is 0. The molecule has 0 radical (unpaired) electrons. The predicted octanol–water partition coefficient (Wildman–Crippen LogP) is 3.39. The molecular formula is C19H20F3N5. The molecule has 1 aromatic carbocycles. The van der Waals surface area contributed by atoms with Crippen LogP contribution < -0.4 is 0 Å². The van der Waals surface area contributed by atoms with Gasteiger partial charge in [0.2, 0.25) is 0 Å². The van der Waals surface area contributed by atoms with Crippen LogP contribution in [-0.4, -0.2) is 58.2 Å². The van der Waals surface area contributed by atoms with Crippen molar-refractivity contribution in [3.63, 3.8) is 0 Å². The highest BCUT2D eigenvalue weighted by atomic mass is 19.4. The Bertz CT molecular complexity index is 925. The molecule has 1 N–H and O–H groups in total. The van der Waals surface area contributed by atoms with Crippen molar-refractivity contribution in [2.45, 2.75) is 12.7 Å². The van der Waals surface area contributed by atoms with E-state index in [0.717, 1.165) is 50.6 Å². The molecule has 0 unspecified atom stereocenters. The van der Waals surface area contributed by atoms with Gasteiger partial charge in [-0.25, -0.2) is 0 Å². The van der Waals surface area contributed by atoms with E-state index in [0.29, 0.717) is 22.0 Å². The van der Waals surface area contributed by atoms with E-state index in [2.05, 4.69) is 32.0 Å².